The van der Waals surface area contributed by atoms with Crippen LogP contribution in [0.2, 0.25) is 5.02 Å². The summed E-state index contributed by atoms with van der Waals surface area (Å²) >= 11 is 6.70. The standard InChI is InChI=1S/C29H29ClN2O2/c30-27-17-25(26(19-33)23-11-6-10-22(16-23)18-32-14-4-5-15-32)29(28-24(27)12-7-13-31-28)34-20-21-8-2-1-3-9-21/h1-3,6-13,16-17,26,33H,4-5,14-15,18-20H2. The fraction of sp³-hybridized carbons (Fsp3) is 0.276. The lowest BCUT2D eigenvalue weighted by Crippen LogP contribution is -2.18. The number of hydrogen-bond acceptors (Lipinski definition) is 4. The molecule has 1 aliphatic heterocycles. The molecular weight excluding hydrogens is 444 g/mol. The zero-order valence-corrected chi connectivity index (χ0v) is 19.9. The average Bonchev–Trinajstić information content (AvgIpc) is 3.38. The second kappa shape index (κ2) is 10.6. The lowest BCUT2D eigenvalue weighted by atomic mass is 9.89. The number of hydrogen-bond donors (Lipinski definition) is 1. The van der Waals surface area contributed by atoms with Crippen molar-refractivity contribution in [3.8, 4) is 5.75 Å². The zero-order valence-electron chi connectivity index (χ0n) is 19.2. The first-order chi connectivity index (χ1) is 16.7. The summed E-state index contributed by atoms with van der Waals surface area (Å²) in [4.78, 5) is 7.10. The highest BCUT2D eigenvalue weighted by atomic mass is 35.5. The Kier molecular flexibility index (Phi) is 7.10. The molecule has 174 valence electrons. The molecule has 4 aromatic rings. The fourth-order valence-corrected chi connectivity index (χ4v) is 5.10. The topological polar surface area (TPSA) is 45.6 Å². The second-order valence-electron chi connectivity index (χ2n) is 8.91. The van der Waals surface area contributed by atoms with E-state index in [1.54, 1.807) is 6.20 Å². The van der Waals surface area contributed by atoms with Crippen LogP contribution in [0.15, 0.2) is 79.0 Å². The van der Waals surface area contributed by atoms with Crippen molar-refractivity contribution in [3.05, 3.63) is 106 Å². The van der Waals surface area contributed by atoms with Crippen molar-refractivity contribution in [1.82, 2.24) is 9.88 Å². The van der Waals surface area contributed by atoms with E-state index in [0.717, 1.165) is 41.7 Å². The van der Waals surface area contributed by atoms with Crippen molar-refractivity contribution >= 4 is 22.5 Å². The highest BCUT2D eigenvalue weighted by molar-refractivity contribution is 6.35. The number of aliphatic hydroxyl groups excluding tert-OH is 1. The molecular formula is C29H29ClN2O2. The minimum atomic E-state index is -0.270. The van der Waals surface area contributed by atoms with E-state index in [4.69, 9.17) is 16.3 Å². The van der Waals surface area contributed by atoms with Gasteiger partial charge in [0.2, 0.25) is 0 Å². The summed E-state index contributed by atoms with van der Waals surface area (Å²) in [6.07, 6.45) is 4.29. The van der Waals surface area contributed by atoms with E-state index >= 15 is 0 Å². The van der Waals surface area contributed by atoms with Crippen molar-refractivity contribution in [2.45, 2.75) is 31.9 Å². The number of likely N-dealkylation sites (tertiary alicyclic amines) is 1. The van der Waals surface area contributed by atoms with Crippen LogP contribution >= 0.6 is 11.6 Å². The average molecular weight is 473 g/mol. The molecule has 0 saturated carbocycles. The molecule has 1 saturated heterocycles. The van der Waals surface area contributed by atoms with Crippen LogP contribution in [0.5, 0.6) is 5.75 Å². The predicted octanol–water partition coefficient (Wildman–Crippen LogP) is 6.19. The van der Waals surface area contributed by atoms with Gasteiger partial charge in [0.1, 0.15) is 17.9 Å². The predicted molar refractivity (Wildman–Crippen MR) is 137 cm³/mol. The Balaban J connectivity index is 1.54. The number of nitrogens with zero attached hydrogens (tertiary/aromatic N) is 2. The SMILES string of the molecule is OCC(c1cccc(CN2CCCC2)c1)c1cc(Cl)c2cccnc2c1OCc1ccccc1. The van der Waals surface area contributed by atoms with Crippen molar-refractivity contribution in [3.63, 3.8) is 0 Å². The molecule has 4 nitrogen and oxygen atoms in total. The summed E-state index contributed by atoms with van der Waals surface area (Å²) in [6.45, 7) is 3.59. The van der Waals surface area contributed by atoms with E-state index < -0.39 is 0 Å². The van der Waals surface area contributed by atoms with Gasteiger partial charge in [-0.2, -0.15) is 0 Å². The Bertz CT molecular complexity index is 1260. The van der Waals surface area contributed by atoms with Gasteiger partial charge in [0, 0.05) is 29.6 Å². The van der Waals surface area contributed by atoms with Crippen LogP contribution in [0, 0.1) is 0 Å². The quantitative estimate of drug-likeness (QED) is 0.332. The Hall–Kier alpha value is -2.92. The van der Waals surface area contributed by atoms with Gasteiger partial charge in [-0.15, -0.1) is 0 Å². The summed E-state index contributed by atoms with van der Waals surface area (Å²) in [6, 6.07) is 24.3. The van der Waals surface area contributed by atoms with Crippen molar-refractivity contribution in [2.75, 3.05) is 19.7 Å². The van der Waals surface area contributed by atoms with Crippen molar-refractivity contribution < 1.29 is 9.84 Å². The lowest BCUT2D eigenvalue weighted by molar-refractivity contribution is 0.269. The molecule has 0 aliphatic carbocycles. The van der Waals surface area contributed by atoms with Gasteiger partial charge in [-0.1, -0.05) is 66.2 Å². The number of rotatable bonds is 8. The fourth-order valence-electron chi connectivity index (χ4n) is 4.83. The van der Waals surface area contributed by atoms with E-state index in [1.807, 2.05) is 48.5 Å². The minimum absolute atomic E-state index is 0.0520. The summed E-state index contributed by atoms with van der Waals surface area (Å²) in [5.74, 6) is 0.404. The summed E-state index contributed by atoms with van der Waals surface area (Å²) in [5, 5.41) is 12.0. The van der Waals surface area contributed by atoms with Gasteiger partial charge < -0.3 is 9.84 Å². The summed E-state index contributed by atoms with van der Waals surface area (Å²) in [5.41, 5.74) is 4.95. The van der Waals surface area contributed by atoms with Gasteiger partial charge in [0.05, 0.1) is 11.6 Å². The van der Waals surface area contributed by atoms with Gasteiger partial charge >= 0.3 is 0 Å². The van der Waals surface area contributed by atoms with Crippen LogP contribution in [0.25, 0.3) is 10.9 Å². The smallest absolute Gasteiger partial charge is 0.150 e. The number of pyridine rings is 1. The molecule has 0 amide bonds. The van der Waals surface area contributed by atoms with Gasteiger partial charge in [0.25, 0.3) is 0 Å². The molecule has 1 N–H and O–H groups in total. The van der Waals surface area contributed by atoms with Crippen molar-refractivity contribution in [2.24, 2.45) is 0 Å². The summed E-state index contributed by atoms with van der Waals surface area (Å²) < 4.78 is 6.39. The first-order valence-electron chi connectivity index (χ1n) is 11.9. The molecule has 0 spiro atoms. The molecule has 1 atom stereocenters. The van der Waals surface area contributed by atoms with Crippen LogP contribution in [0.4, 0.5) is 0 Å². The molecule has 1 unspecified atom stereocenters. The Morgan fingerprint density at radius 1 is 0.941 bits per heavy atom. The minimum Gasteiger partial charge on any atom is -0.486 e. The number of ether oxygens (including phenoxy) is 1. The van der Waals surface area contributed by atoms with Crippen LogP contribution < -0.4 is 4.74 Å². The maximum atomic E-state index is 10.6. The summed E-state index contributed by atoms with van der Waals surface area (Å²) in [7, 11) is 0. The molecule has 3 aromatic carbocycles. The Morgan fingerprint density at radius 3 is 2.53 bits per heavy atom. The van der Waals surface area contributed by atoms with Crippen LogP contribution in [-0.2, 0) is 13.2 Å². The molecule has 34 heavy (non-hydrogen) atoms. The molecule has 5 heteroatoms. The normalized spacial score (nSPS) is 15.0. The van der Waals surface area contributed by atoms with Gasteiger partial charge in [-0.25, -0.2) is 0 Å². The van der Waals surface area contributed by atoms with Crippen LogP contribution in [-0.4, -0.2) is 34.7 Å². The molecule has 0 bridgehead atoms. The molecule has 0 radical (unpaired) electrons. The van der Waals surface area contributed by atoms with Gasteiger partial charge in [-0.05, 0) is 60.8 Å². The lowest BCUT2D eigenvalue weighted by Gasteiger charge is -2.22. The first kappa shape index (κ1) is 22.9. The van der Waals surface area contributed by atoms with Crippen LogP contribution in [0.1, 0.15) is 41.0 Å². The third kappa shape index (κ3) is 4.95. The van der Waals surface area contributed by atoms with Gasteiger partial charge in [0.15, 0.2) is 0 Å². The number of halogens is 1. The van der Waals surface area contributed by atoms with E-state index in [-0.39, 0.29) is 12.5 Å². The third-order valence-electron chi connectivity index (χ3n) is 6.57. The Morgan fingerprint density at radius 2 is 1.74 bits per heavy atom. The first-order valence-corrected chi connectivity index (χ1v) is 12.3. The maximum Gasteiger partial charge on any atom is 0.150 e. The van der Waals surface area contributed by atoms with Gasteiger partial charge in [-0.3, -0.25) is 9.88 Å². The molecule has 1 aliphatic rings. The number of aromatic nitrogens is 1. The van der Waals surface area contributed by atoms with Crippen LogP contribution in [0.3, 0.4) is 0 Å². The van der Waals surface area contributed by atoms with E-state index in [9.17, 15) is 5.11 Å². The molecule has 5 rings (SSSR count). The molecule has 1 aromatic heterocycles. The number of fused-ring (bicyclic) bond motifs is 1. The number of benzene rings is 3. The zero-order chi connectivity index (χ0) is 23.3. The van der Waals surface area contributed by atoms with Crippen molar-refractivity contribution in [1.29, 1.82) is 0 Å². The third-order valence-corrected chi connectivity index (χ3v) is 6.88. The highest BCUT2D eigenvalue weighted by Crippen LogP contribution is 2.40. The molecule has 2 heterocycles. The molecule has 1 fully saturated rings. The maximum absolute atomic E-state index is 10.6. The van der Waals surface area contributed by atoms with E-state index in [0.29, 0.717) is 22.9 Å². The second-order valence-corrected chi connectivity index (χ2v) is 9.32. The monoisotopic (exact) mass is 472 g/mol. The highest BCUT2D eigenvalue weighted by Gasteiger charge is 2.23. The number of aliphatic hydroxyl groups is 1. The Labute approximate surface area is 205 Å². The van der Waals surface area contributed by atoms with E-state index in [1.165, 1.54) is 18.4 Å². The van der Waals surface area contributed by atoms with E-state index in [2.05, 4.69) is 34.1 Å². The largest absolute Gasteiger partial charge is 0.486 e.